The molecule has 0 bridgehead atoms. The van der Waals surface area contributed by atoms with E-state index in [1.54, 1.807) is 31.3 Å². The molecule has 3 heterocycles. The lowest BCUT2D eigenvalue weighted by Crippen LogP contribution is -2.45. The quantitative estimate of drug-likeness (QED) is 0.770. The number of fused-ring (bicyclic) bond motifs is 6. The summed E-state index contributed by atoms with van der Waals surface area (Å²) < 4.78 is 16.8. The van der Waals surface area contributed by atoms with Gasteiger partial charge in [-0.25, -0.2) is 0 Å². The number of aromatic nitrogens is 1. The van der Waals surface area contributed by atoms with Gasteiger partial charge < -0.3 is 19.2 Å². The lowest BCUT2D eigenvalue weighted by molar-refractivity contribution is 0.00194. The van der Waals surface area contributed by atoms with Crippen LogP contribution in [-0.2, 0) is 6.42 Å². The Balaban J connectivity index is 1.63. The van der Waals surface area contributed by atoms with E-state index in [0.717, 1.165) is 28.8 Å². The summed E-state index contributed by atoms with van der Waals surface area (Å²) in [4.78, 5) is 18.2. The molecule has 6 heteroatoms. The van der Waals surface area contributed by atoms with Gasteiger partial charge in [0.2, 0.25) is 6.23 Å². The number of amides is 1. The van der Waals surface area contributed by atoms with Crippen molar-refractivity contribution in [3.05, 3.63) is 53.2 Å². The normalized spacial score (nSPS) is 18.0. The number of hydrogen-bond donors (Lipinski definition) is 1. The third-order valence-corrected chi connectivity index (χ3v) is 5.20. The van der Waals surface area contributed by atoms with Crippen LogP contribution in [0.3, 0.4) is 0 Å². The minimum atomic E-state index is -0.439. The number of nitrogens with one attached hydrogen (secondary N) is 1. The van der Waals surface area contributed by atoms with E-state index in [2.05, 4.69) is 4.98 Å². The van der Waals surface area contributed by atoms with E-state index in [0.29, 0.717) is 23.6 Å². The maximum atomic E-state index is 13.0. The van der Waals surface area contributed by atoms with Crippen molar-refractivity contribution in [2.45, 2.75) is 12.6 Å². The first-order chi connectivity index (χ1) is 12.7. The Labute approximate surface area is 150 Å². The second-order valence-corrected chi connectivity index (χ2v) is 6.51. The predicted molar refractivity (Wildman–Crippen MR) is 96.0 cm³/mol. The molecule has 1 amide bonds. The Bertz CT molecular complexity index is 1040. The van der Waals surface area contributed by atoms with Crippen molar-refractivity contribution in [1.29, 1.82) is 0 Å². The van der Waals surface area contributed by atoms with Crippen LogP contribution in [0.15, 0.2) is 36.4 Å². The fraction of sp³-hybridized carbons (Fsp3) is 0.250. The molecule has 0 saturated heterocycles. The zero-order chi connectivity index (χ0) is 17.8. The molecule has 2 aliphatic heterocycles. The van der Waals surface area contributed by atoms with Gasteiger partial charge in [-0.3, -0.25) is 9.69 Å². The highest BCUT2D eigenvalue weighted by Gasteiger charge is 2.40. The summed E-state index contributed by atoms with van der Waals surface area (Å²) in [7, 11) is 3.25. The summed E-state index contributed by atoms with van der Waals surface area (Å²) in [6.07, 6.45) is 0.332. The Morgan fingerprint density at radius 2 is 1.88 bits per heavy atom. The van der Waals surface area contributed by atoms with Gasteiger partial charge in [-0.2, -0.15) is 0 Å². The van der Waals surface area contributed by atoms with Crippen molar-refractivity contribution in [2.24, 2.45) is 0 Å². The lowest BCUT2D eigenvalue weighted by Gasteiger charge is -2.39. The molecule has 2 aromatic carbocycles. The lowest BCUT2D eigenvalue weighted by atomic mass is 9.99. The number of hydrogen-bond acceptors (Lipinski definition) is 4. The number of nitrogens with zero attached hydrogens (tertiary/aromatic N) is 1. The van der Waals surface area contributed by atoms with Gasteiger partial charge in [0.25, 0.3) is 5.91 Å². The van der Waals surface area contributed by atoms with Crippen molar-refractivity contribution >= 4 is 16.8 Å². The zero-order valence-corrected chi connectivity index (χ0v) is 14.5. The minimum Gasteiger partial charge on any atom is -0.497 e. The molecule has 0 aliphatic carbocycles. The molecule has 0 radical (unpaired) electrons. The fourth-order valence-electron chi connectivity index (χ4n) is 3.87. The third kappa shape index (κ3) is 2.02. The summed E-state index contributed by atoms with van der Waals surface area (Å²) in [6.45, 7) is 0.608. The van der Waals surface area contributed by atoms with Crippen molar-refractivity contribution in [3.8, 4) is 17.2 Å². The van der Waals surface area contributed by atoms with Crippen molar-refractivity contribution in [3.63, 3.8) is 0 Å². The summed E-state index contributed by atoms with van der Waals surface area (Å²) in [5.41, 5.74) is 3.69. The monoisotopic (exact) mass is 350 g/mol. The molecule has 26 heavy (non-hydrogen) atoms. The van der Waals surface area contributed by atoms with Crippen LogP contribution in [-0.4, -0.2) is 36.6 Å². The number of H-pyrrole nitrogens is 1. The van der Waals surface area contributed by atoms with Gasteiger partial charge in [-0.05, 0) is 48.4 Å². The molecule has 0 spiro atoms. The maximum Gasteiger partial charge on any atom is 0.260 e. The summed E-state index contributed by atoms with van der Waals surface area (Å²) in [5.74, 6) is 2.02. The minimum absolute atomic E-state index is 0.0305. The van der Waals surface area contributed by atoms with E-state index < -0.39 is 6.23 Å². The van der Waals surface area contributed by atoms with Crippen LogP contribution in [0.25, 0.3) is 10.9 Å². The molecule has 1 N–H and O–H groups in total. The number of carbonyl (C=O) groups is 1. The number of rotatable bonds is 2. The third-order valence-electron chi connectivity index (χ3n) is 5.20. The van der Waals surface area contributed by atoms with Gasteiger partial charge >= 0.3 is 0 Å². The van der Waals surface area contributed by atoms with Crippen LogP contribution >= 0.6 is 0 Å². The van der Waals surface area contributed by atoms with Gasteiger partial charge in [-0.15, -0.1) is 0 Å². The predicted octanol–water partition coefficient (Wildman–Crippen LogP) is 3.27. The first-order valence-electron chi connectivity index (χ1n) is 8.54. The van der Waals surface area contributed by atoms with Gasteiger partial charge in [0.15, 0.2) is 0 Å². The largest absolute Gasteiger partial charge is 0.497 e. The fourth-order valence-corrected chi connectivity index (χ4v) is 3.87. The molecule has 1 aromatic heterocycles. The molecule has 6 nitrogen and oxygen atoms in total. The average Bonchev–Trinajstić information content (AvgIpc) is 3.06. The summed E-state index contributed by atoms with van der Waals surface area (Å²) in [6, 6.07) is 11.3. The van der Waals surface area contributed by atoms with Crippen molar-refractivity contribution in [2.75, 3.05) is 20.8 Å². The molecule has 2 aliphatic rings. The van der Waals surface area contributed by atoms with Gasteiger partial charge in [0.05, 0.1) is 25.5 Å². The Hall–Kier alpha value is -3.15. The van der Waals surface area contributed by atoms with Crippen LogP contribution in [0.2, 0.25) is 0 Å². The Morgan fingerprint density at radius 3 is 2.69 bits per heavy atom. The van der Waals surface area contributed by atoms with Crippen LogP contribution in [0.5, 0.6) is 17.2 Å². The van der Waals surface area contributed by atoms with Gasteiger partial charge in [-0.1, -0.05) is 0 Å². The number of ether oxygens (including phenoxy) is 3. The number of aromatic amines is 1. The van der Waals surface area contributed by atoms with E-state index in [1.807, 2.05) is 24.3 Å². The van der Waals surface area contributed by atoms with E-state index in [9.17, 15) is 4.79 Å². The van der Waals surface area contributed by atoms with Crippen molar-refractivity contribution < 1.29 is 19.0 Å². The topological polar surface area (TPSA) is 63.8 Å². The van der Waals surface area contributed by atoms with Crippen LogP contribution in [0, 0.1) is 0 Å². The Morgan fingerprint density at radius 1 is 1.12 bits per heavy atom. The highest BCUT2D eigenvalue weighted by Crippen LogP contribution is 2.42. The first-order valence-corrected chi connectivity index (χ1v) is 8.54. The summed E-state index contributed by atoms with van der Waals surface area (Å²) >= 11 is 0. The highest BCUT2D eigenvalue weighted by molar-refractivity contribution is 5.99. The molecular formula is C20H18N2O4. The van der Waals surface area contributed by atoms with Gasteiger partial charge in [0.1, 0.15) is 17.2 Å². The second-order valence-electron chi connectivity index (χ2n) is 6.51. The van der Waals surface area contributed by atoms with Crippen LogP contribution in [0.4, 0.5) is 0 Å². The van der Waals surface area contributed by atoms with Crippen LogP contribution in [0.1, 0.15) is 27.8 Å². The standard InChI is InChI=1S/C20H18N2O4/c1-24-11-3-5-16-14(9-11)13-7-8-22-19(23)15-10-12(25-2)4-6-17(15)26-20(22)18(13)21-16/h3-6,9-10,20-21H,7-8H2,1-2H3. The smallest absolute Gasteiger partial charge is 0.260 e. The number of benzene rings is 2. The highest BCUT2D eigenvalue weighted by atomic mass is 16.5. The molecule has 0 saturated carbocycles. The molecule has 3 aromatic rings. The molecule has 1 unspecified atom stereocenters. The Kier molecular flexibility index (Phi) is 3.16. The van der Waals surface area contributed by atoms with Crippen LogP contribution < -0.4 is 14.2 Å². The van der Waals surface area contributed by atoms with Gasteiger partial charge in [0, 0.05) is 17.4 Å². The van der Waals surface area contributed by atoms with E-state index in [-0.39, 0.29) is 5.91 Å². The molecule has 1 atom stereocenters. The number of carbonyl (C=O) groups excluding carboxylic acids is 1. The van der Waals surface area contributed by atoms with Crippen molar-refractivity contribution in [1.82, 2.24) is 9.88 Å². The average molecular weight is 350 g/mol. The molecule has 132 valence electrons. The van der Waals surface area contributed by atoms with E-state index >= 15 is 0 Å². The van der Waals surface area contributed by atoms with E-state index in [1.165, 1.54) is 5.56 Å². The molecule has 0 fully saturated rings. The molecular weight excluding hydrogens is 332 g/mol. The summed E-state index contributed by atoms with van der Waals surface area (Å²) in [5, 5.41) is 1.12. The second kappa shape index (κ2) is 5.42. The first kappa shape index (κ1) is 15.1. The maximum absolute atomic E-state index is 13.0. The molecule has 5 rings (SSSR count). The number of methoxy groups -OCH3 is 2. The SMILES string of the molecule is COc1ccc2c(c1)C(=O)N1CCc3c([nH]c4ccc(OC)cc34)C1O2. The zero-order valence-electron chi connectivity index (χ0n) is 14.5. The van der Waals surface area contributed by atoms with E-state index in [4.69, 9.17) is 14.2 Å².